The van der Waals surface area contributed by atoms with Gasteiger partial charge < -0.3 is 22.3 Å². The molecule has 0 spiro atoms. The molecule has 4 nitrogen and oxygen atoms in total. The van der Waals surface area contributed by atoms with Crippen LogP contribution in [0.1, 0.15) is 69.4 Å². The van der Waals surface area contributed by atoms with Gasteiger partial charge in [-0.25, -0.2) is 4.57 Å². The van der Waals surface area contributed by atoms with Crippen LogP contribution in [-0.2, 0) is 13.0 Å². The minimum absolute atomic E-state index is 0. The number of Topliss-reactive ketones (excluding diaryl/α,β-unsaturated/α-hetero) is 1. The van der Waals surface area contributed by atoms with Crippen LogP contribution in [0.5, 0.6) is 0 Å². The molecule has 1 saturated carbocycles. The van der Waals surface area contributed by atoms with E-state index in [1.807, 2.05) is 47.0 Å². The van der Waals surface area contributed by atoms with E-state index >= 15 is 0 Å². The molecule has 0 aliphatic heterocycles. The number of hydrogen-bond donors (Lipinski definition) is 1. The maximum absolute atomic E-state index is 13.0. The zero-order valence-corrected chi connectivity index (χ0v) is 24.1. The van der Waals surface area contributed by atoms with Gasteiger partial charge in [-0.1, -0.05) is 93.9 Å². The SMILES string of the molecule is CCc1c(Cl)c(NC2CCC(C(C)(C)C)CC2)nc[n+]1CC(=O)c1ccc(-c2ccccc2)cc1.[Br-]. The minimum Gasteiger partial charge on any atom is -1.00 e. The molecule has 1 N–H and O–H groups in total. The summed E-state index contributed by atoms with van der Waals surface area (Å²) in [6.07, 6.45) is 7.20. The Balaban J connectivity index is 0.00000361. The summed E-state index contributed by atoms with van der Waals surface area (Å²) < 4.78 is 1.89. The Kier molecular flexibility index (Phi) is 9.71. The second-order valence-corrected chi connectivity index (χ2v) is 11.1. The topological polar surface area (TPSA) is 45.9 Å². The maximum atomic E-state index is 13.0. The Morgan fingerprint density at radius 1 is 1.00 bits per heavy atom. The summed E-state index contributed by atoms with van der Waals surface area (Å²) >= 11 is 6.80. The number of aromatic nitrogens is 2. The summed E-state index contributed by atoms with van der Waals surface area (Å²) in [5.74, 6) is 1.54. The van der Waals surface area contributed by atoms with Crippen LogP contribution < -0.4 is 26.9 Å². The van der Waals surface area contributed by atoms with E-state index in [-0.39, 0.29) is 29.3 Å². The first-order valence-corrected chi connectivity index (χ1v) is 13.2. The Labute approximate surface area is 231 Å². The van der Waals surface area contributed by atoms with Crippen molar-refractivity contribution in [3.8, 4) is 11.1 Å². The molecule has 0 saturated heterocycles. The first kappa shape index (κ1) is 28.3. The van der Waals surface area contributed by atoms with Crippen LogP contribution in [0, 0.1) is 11.3 Å². The number of benzene rings is 2. The monoisotopic (exact) mass is 569 g/mol. The third kappa shape index (κ3) is 6.74. The molecule has 3 aromatic rings. The zero-order chi connectivity index (χ0) is 25.0. The van der Waals surface area contributed by atoms with Gasteiger partial charge in [0.2, 0.25) is 5.78 Å². The predicted octanol–water partition coefficient (Wildman–Crippen LogP) is 4.16. The number of rotatable bonds is 7. The molecule has 0 radical (unpaired) electrons. The number of hydrogen-bond acceptors (Lipinski definition) is 3. The number of nitrogens with zero attached hydrogens (tertiary/aromatic N) is 2. The summed E-state index contributed by atoms with van der Waals surface area (Å²) in [4.78, 5) is 17.7. The second-order valence-electron chi connectivity index (χ2n) is 10.8. The molecule has 1 aliphatic carbocycles. The average molecular weight is 571 g/mol. The Hall–Kier alpha value is -2.24. The van der Waals surface area contributed by atoms with Crippen LogP contribution in [0.3, 0.4) is 0 Å². The molecule has 192 valence electrons. The highest BCUT2D eigenvalue weighted by atomic mass is 79.9. The van der Waals surface area contributed by atoms with Gasteiger partial charge >= 0.3 is 0 Å². The van der Waals surface area contributed by atoms with Gasteiger partial charge in [-0.15, -0.1) is 0 Å². The largest absolute Gasteiger partial charge is 1.00 e. The van der Waals surface area contributed by atoms with Crippen LogP contribution in [0.25, 0.3) is 11.1 Å². The predicted molar refractivity (Wildman–Crippen MR) is 144 cm³/mol. The van der Waals surface area contributed by atoms with E-state index in [9.17, 15) is 4.79 Å². The molecule has 1 aromatic heterocycles. The Morgan fingerprint density at radius 3 is 2.19 bits per heavy atom. The quantitative estimate of drug-likeness (QED) is 0.343. The van der Waals surface area contributed by atoms with Gasteiger partial charge in [0.1, 0.15) is 5.69 Å². The summed E-state index contributed by atoms with van der Waals surface area (Å²) in [6.45, 7) is 9.30. The lowest BCUT2D eigenvalue weighted by Crippen LogP contribution is -3.00. The summed E-state index contributed by atoms with van der Waals surface area (Å²) in [7, 11) is 0. The first-order chi connectivity index (χ1) is 16.8. The van der Waals surface area contributed by atoms with Gasteiger partial charge in [0.05, 0.1) is 0 Å². The number of carbonyl (C=O) groups excluding carboxylic acids is 1. The van der Waals surface area contributed by atoms with Crippen molar-refractivity contribution in [2.24, 2.45) is 11.3 Å². The standard InChI is InChI=1S/C30H36ClN3O.BrH/c1-5-26-28(31)29(33-25-17-15-24(16-18-25)30(2,3)4)32-20-34(26)19-27(35)23-13-11-22(12-14-23)21-9-7-6-8-10-21;/h6-14,20,24-25H,5,15-19H2,1-4H3;1H. The summed E-state index contributed by atoms with van der Waals surface area (Å²) in [5, 5.41) is 4.21. The summed E-state index contributed by atoms with van der Waals surface area (Å²) in [5.41, 5.74) is 4.22. The van der Waals surface area contributed by atoms with Gasteiger partial charge in [0.25, 0.3) is 12.1 Å². The van der Waals surface area contributed by atoms with Crippen LogP contribution in [0.2, 0.25) is 5.02 Å². The highest BCUT2D eigenvalue weighted by Gasteiger charge is 2.31. The molecule has 0 bridgehead atoms. The third-order valence-corrected chi connectivity index (χ3v) is 7.79. The molecule has 1 aliphatic rings. The van der Waals surface area contributed by atoms with Crippen LogP contribution in [0.4, 0.5) is 5.82 Å². The van der Waals surface area contributed by atoms with Gasteiger partial charge in [-0.3, -0.25) is 4.79 Å². The number of halogens is 2. The van der Waals surface area contributed by atoms with Gasteiger partial charge in [-0.2, -0.15) is 0 Å². The number of carbonyl (C=O) groups is 1. The van der Waals surface area contributed by atoms with E-state index in [0.29, 0.717) is 22.0 Å². The van der Waals surface area contributed by atoms with Crippen molar-refractivity contribution in [1.29, 1.82) is 0 Å². The molecular formula is C30H37BrClN3O. The van der Waals surface area contributed by atoms with E-state index in [1.54, 1.807) is 6.33 Å². The lowest BCUT2D eigenvalue weighted by molar-refractivity contribution is -0.693. The molecule has 4 rings (SSSR count). The van der Waals surface area contributed by atoms with Crippen molar-refractivity contribution in [1.82, 2.24) is 4.98 Å². The van der Waals surface area contributed by atoms with Gasteiger partial charge in [0, 0.05) is 18.0 Å². The molecule has 1 fully saturated rings. The van der Waals surface area contributed by atoms with Crippen molar-refractivity contribution < 1.29 is 26.3 Å². The van der Waals surface area contributed by atoms with Crippen molar-refractivity contribution in [2.45, 2.75) is 72.4 Å². The van der Waals surface area contributed by atoms with Crippen LogP contribution >= 0.6 is 11.6 Å². The molecule has 1 heterocycles. The van der Waals surface area contributed by atoms with Gasteiger partial charge in [0.15, 0.2) is 11.6 Å². The lowest BCUT2D eigenvalue weighted by atomic mass is 9.71. The molecule has 36 heavy (non-hydrogen) atoms. The van der Waals surface area contributed by atoms with E-state index in [0.717, 1.165) is 47.8 Å². The molecule has 2 aromatic carbocycles. The highest BCUT2D eigenvalue weighted by Crippen LogP contribution is 2.38. The first-order valence-electron chi connectivity index (χ1n) is 12.8. The fraction of sp³-hybridized carbons (Fsp3) is 0.433. The van der Waals surface area contributed by atoms with Crippen LogP contribution in [0.15, 0.2) is 60.9 Å². The van der Waals surface area contributed by atoms with Gasteiger partial charge in [-0.05, 0) is 53.1 Å². The lowest BCUT2D eigenvalue weighted by Gasteiger charge is -2.37. The molecule has 0 unspecified atom stereocenters. The van der Waals surface area contributed by atoms with E-state index in [4.69, 9.17) is 11.6 Å². The Morgan fingerprint density at radius 2 is 1.61 bits per heavy atom. The van der Waals surface area contributed by atoms with Crippen molar-refractivity contribution >= 4 is 23.2 Å². The van der Waals surface area contributed by atoms with Crippen molar-refractivity contribution in [3.05, 3.63) is 77.2 Å². The zero-order valence-electron chi connectivity index (χ0n) is 21.7. The molecule has 0 amide bonds. The van der Waals surface area contributed by atoms with Crippen LogP contribution in [-0.4, -0.2) is 16.8 Å². The highest BCUT2D eigenvalue weighted by molar-refractivity contribution is 6.33. The van der Waals surface area contributed by atoms with Crippen molar-refractivity contribution in [2.75, 3.05) is 5.32 Å². The van der Waals surface area contributed by atoms with E-state index in [1.165, 1.54) is 12.8 Å². The summed E-state index contributed by atoms with van der Waals surface area (Å²) in [6, 6.07) is 18.4. The normalized spacial score (nSPS) is 17.8. The van der Waals surface area contributed by atoms with E-state index < -0.39 is 0 Å². The van der Waals surface area contributed by atoms with Crippen molar-refractivity contribution in [3.63, 3.8) is 0 Å². The number of nitrogens with one attached hydrogen (secondary N) is 1. The number of anilines is 1. The maximum Gasteiger partial charge on any atom is 0.289 e. The van der Waals surface area contributed by atoms with E-state index in [2.05, 4.69) is 50.1 Å². The second kappa shape index (κ2) is 12.3. The molecular weight excluding hydrogens is 534 g/mol. The Bertz CT molecular complexity index is 1150. The minimum atomic E-state index is 0. The third-order valence-electron chi connectivity index (χ3n) is 7.39. The average Bonchev–Trinajstić information content (AvgIpc) is 2.86. The smallest absolute Gasteiger partial charge is 0.289 e. The number of ketones is 1. The molecule has 0 atom stereocenters. The fourth-order valence-corrected chi connectivity index (χ4v) is 5.48. The fourth-order valence-electron chi connectivity index (χ4n) is 5.13. The molecule has 6 heteroatoms.